The van der Waals surface area contributed by atoms with Crippen molar-refractivity contribution in [3.05, 3.63) is 22.8 Å². The first-order valence-corrected chi connectivity index (χ1v) is 6.32. The summed E-state index contributed by atoms with van der Waals surface area (Å²) in [6.45, 7) is 2.30. The van der Waals surface area contributed by atoms with Crippen molar-refractivity contribution in [2.75, 3.05) is 31.6 Å². The third-order valence-electron chi connectivity index (χ3n) is 2.80. The molecule has 2 N–H and O–H groups in total. The van der Waals surface area contributed by atoms with Crippen LogP contribution in [0.2, 0.25) is 0 Å². The minimum atomic E-state index is -0.192. The molecule has 1 atom stereocenters. The van der Waals surface area contributed by atoms with Crippen molar-refractivity contribution in [3.8, 4) is 0 Å². The molecular weight excluding hydrogens is 284 g/mol. The fraction of sp³-hybridized carbons (Fsp3) is 0.455. The highest BCUT2D eigenvalue weighted by Gasteiger charge is 2.28. The van der Waals surface area contributed by atoms with Crippen molar-refractivity contribution in [1.82, 2.24) is 15.6 Å². The van der Waals surface area contributed by atoms with Gasteiger partial charge in [-0.05, 0) is 28.1 Å². The van der Waals surface area contributed by atoms with E-state index in [1.165, 1.54) is 0 Å². The number of piperazine rings is 1. The number of nitrogens with one attached hydrogen (secondary N) is 2. The summed E-state index contributed by atoms with van der Waals surface area (Å²) in [5.41, 5.74) is 0. The Morgan fingerprint density at radius 2 is 2.47 bits per heavy atom. The van der Waals surface area contributed by atoms with Crippen molar-refractivity contribution in [1.29, 1.82) is 0 Å². The number of halogens is 1. The SMILES string of the molecule is CNC(=O)C1CNCCN1c1ccc(Br)cn1. The van der Waals surface area contributed by atoms with Gasteiger partial charge in [0.05, 0.1) is 0 Å². The number of amides is 1. The number of hydrogen-bond donors (Lipinski definition) is 2. The third-order valence-corrected chi connectivity index (χ3v) is 3.27. The largest absolute Gasteiger partial charge is 0.357 e. The molecule has 1 amide bonds. The van der Waals surface area contributed by atoms with E-state index in [9.17, 15) is 4.79 Å². The van der Waals surface area contributed by atoms with Crippen LogP contribution >= 0.6 is 15.9 Å². The molecule has 0 saturated carbocycles. The molecule has 0 aliphatic carbocycles. The van der Waals surface area contributed by atoms with E-state index >= 15 is 0 Å². The Labute approximate surface area is 109 Å². The number of anilines is 1. The van der Waals surface area contributed by atoms with Crippen LogP contribution in [-0.2, 0) is 4.79 Å². The summed E-state index contributed by atoms with van der Waals surface area (Å²) in [5, 5.41) is 5.91. The number of rotatable bonds is 2. The summed E-state index contributed by atoms with van der Waals surface area (Å²) in [5.74, 6) is 0.852. The Balaban J connectivity index is 2.21. The van der Waals surface area contributed by atoms with E-state index in [4.69, 9.17) is 0 Å². The second-order valence-electron chi connectivity index (χ2n) is 3.86. The molecule has 1 aliphatic rings. The Kier molecular flexibility index (Phi) is 3.96. The molecule has 1 unspecified atom stereocenters. The maximum Gasteiger partial charge on any atom is 0.243 e. The maximum absolute atomic E-state index is 11.8. The van der Waals surface area contributed by atoms with Gasteiger partial charge in [-0.15, -0.1) is 0 Å². The lowest BCUT2D eigenvalue weighted by Crippen LogP contribution is -2.57. The number of likely N-dealkylation sites (N-methyl/N-ethyl adjacent to an activating group) is 1. The van der Waals surface area contributed by atoms with Gasteiger partial charge in [-0.3, -0.25) is 4.79 Å². The van der Waals surface area contributed by atoms with Crippen molar-refractivity contribution in [2.45, 2.75) is 6.04 Å². The summed E-state index contributed by atoms with van der Waals surface area (Å²) >= 11 is 3.35. The molecule has 5 nitrogen and oxygen atoms in total. The van der Waals surface area contributed by atoms with Gasteiger partial charge in [0.2, 0.25) is 5.91 Å². The summed E-state index contributed by atoms with van der Waals surface area (Å²) in [6.07, 6.45) is 1.75. The second-order valence-corrected chi connectivity index (χ2v) is 4.78. The van der Waals surface area contributed by atoms with Crippen LogP contribution in [0.3, 0.4) is 0 Å². The normalized spacial score (nSPS) is 20.1. The van der Waals surface area contributed by atoms with Gasteiger partial charge in [0, 0.05) is 37.4 Å². The van der Waals surface area contributed by atoms with Gasteiger partial charge >= 0.3 is 0 Å². The van der Waals surface area contributed by atoms with Crippen LogP contribution in [0.15, 0.2) is 22.8 Å². The van der Waals surface area contributed by atoms with E-state index in [2.05, 4.69) is 31.5 Å². The molecule has 0 radical (unpaired) electrons. The standard InChI is InChI=1S/C11H15BrN4O/c1-13-11(17)9-7-14-4-5-16(9)10-3-2-8(12)6-15-10/h2-3,6,9,14H,4-5,7H2,1H3,(H,13,17). The summed E-state index contributed by atoms with van der Waals surface area (Å²) in [4.78, 5) is 18.2. The van der Waals surface area contributed by atoms with Gasteiger partial charge < -0.3 is 15.5 Å². The molecule has 17 heavy (non-hydrogen) atoms. The minimum Gasteiger partial charge on any atom is -0.357 e. The number of aromatic nitrogens is 1. The second kappa shape index (κ2) is 5.46. The van der Waals surface area contributed by atoms with E-state index in [1.54, 1.807) is 13.2 Å². The molecule has 0 bridgehead atoms. The quantitative estimate of drug-likeness (QED) is 0.828. The first-order valence-electron chi connectivity index (χ1n) is 5.53. The summed E-state index contributed by atoms with van der Waals surface area (Å²) < 4.78 is 0.938. The highest BCUT2D eigenvalue weighted by molar-refractivity contribution is 9.10. The van der Waals surface area contributed by atoms with Crippen LogP contribution in [0.5, 0.6) is 0 Å². The topological polar surface area (TPSA) is 57.3 Å². The Bertz CT molecular complexity index is 395. The van der Waals surface area contributed by atoms with Crippen LogP contribution in [0, 0.1) is 0 Å². The minimum absolute atomic E-state index is 0.0157. The zero-order valence-corrected chi connectivity index (χ0v) is 11.2. The molecule has 0 spiro atoms. The van der Waals surface area contributed by atoms with E-state index in [0.717, 1.165) is 23.4 Å². The molecule has 92 valence electrons. The molecule has 1 aromatic heterocycles. The monoisotopic (exact) mass is 298 g/mol. The lowest BCUT2D eigenvalue weighted by Gasteiger charge is -2.35. The van der Waals surface area contributed by atoms with Gasteiger partial charge in [0.15, 0.2) is 0 Å². The van der Waals surface area contributed by atoms with E-state index in [0.29, 0.717) is 6.54 Å². The van der Waals surface area contributed by atoms with Crippen molar-refractivity contribution in [2.24, 2.45) is 0 Å². The molecule has 1 fully saturated rings. The van der Waals surface area contributed by atoms with Gasteiger partial charge in [-0.25, -0.2) is 4.98 Å². The Morgan fingerprint density at radius 1 is 1.65 bits per heavy atom. The van der Waals surface area contributed by atoms with Gasteiger partial charge in [-0.2, -0.15) is 0 Å². The Hall–Kier alpha value is -1.14. The predicted octanol–water partition coefficient (Wildman–Crippen LogP) is 0.368. The first-order chi connectivity index (χ1) is 8.22. The number of pyridine rings is 1. The lowest BCUT2D eigenvalue weighted by molar-refractivity contribution is -0.122. The van der Waals surface area contributed by atoms with Crippen LogP contribution in [0.4, 0.5) is 5.82 Å². The number of hydrogen-bond acceptors (Lipinski definition) is 4. The molecule has 6 heteroatoms. The summed E-state index contributed by atoms with van der Waals surface area (Å²) in [7, 11) is 1.66. The van der Waals surface area contributed by atoms with Crippen LogP contribution in [-0.4, -0.2) is 43.6 Å². The highest BCUT2D eigenvalue weighted by atomic mass is 79.9. The maximum atomic E-state index is 11.8. The van der Waals surface area contributed by atoms with Crippen molar-refractivity contribution in [3.63, 3.8) is 0 Å². The average molecular weight is 299 g/mol. The van der Waals surface area contributed by atoms with Crippen molar-refractivity contribution < 1.29 is 4.79 Å². The molecule has 2 heterocycles. The first kappa shape index (κ1) is 12.3. The number of carbonyl (C=O) groups excluding carboxylic acids is 1. The summed E-state index contributed by atoms with van der Waals surface area (Å²) in [6, 6.07) is 3.67. The highest BCUT2D eigenvalue weighted by Crippen LogP contribution is 2.18. The van der Waals surface area contributed by atoms with Gasteiger partial charge in [-0.1, -0.05) is 0 Å². The van der Waals surface area contributed by atoms with Crippen LogP contribution in [0.25, 0.3) is 0 Å². The average Bonchev–Trinajstić information content (AvgIpc) is 2.39. The smallest absolute Gasteiger partial charge is 0.243 e. The van der Waals surface area contributed by atoms with E-state index in [1.807, 2.05) is 17.0 Å². The molecule has 1 aliphatic heterocycles. The lowest BCUT2D eigenvalue weighted by atomic mass is 10.1. The number of nitrogens with zero attached hydrogens (tertiary/aromatic N) is 2. The molecule has 1 saturated heterocycles. The number of carbonyl (C=O) groups is 1. The molecule has 1 aromatic rings. The fourth-order valence-electron chi connectivity index (χ4n) is 1.92. The Morgan fingerprint density at radius 3 is 3.12 bits per heavy atom. The zero-order chi connectivity index (χ0) is 12.3. The van der Waals surface area contributed by atoms with E-state index < -0.39 is 0 Å². The van der Waals surface area contributed by atoms with Crippen LogP contribution in [0.1, 0.15) is 0 Å². The fourth-order valence-corrected chi connectivity index (χ4v) is 2.15. The molecular formula is C11H15BrN4O. The molecule has 2 rings (SSSR count). The van der Waals surface area contributed by atoms with Crippen molar-refractivity contribution >= 4 is 27.7 Å². The van der Waals surface area contributed by atoms with Gasteiger partial charge in [0.25, 0.3) is 0 Å². The van der Waals surface area contributed by atoms with E-state index in [-0.39, 0.29) is 11.9 Å². The third kappa shape index (κ3) is 2.76. The van der Waals surface area contributed by atoms with Gasteiger partial charge in [0.1, 0.15) is 11.9 Å². The van der Waals surface area contributed by atoms with Crippen LogP contribution < -0.4 is 15.5 Å². The predicted molar refractivity (Wildman–Crippen MR) is 70.0 cm³/mol. The zero-order valence-electron chi connectivity index (χ0n) is 9.61. The molecule has 0 aromatic carbocycles.